The summed E-state index contributed by atoms with van der Waals surface area (Å²) in [5.74, 6) is 0.300. The molecule has 0 aliphatic carbocycles. The molecule has 1 saturated heterocycles. The smallest absolute Gasteiger partial charge is 0.321 e. The number of urea groups is 1. The molecule has 2 rings (SSSR count). The number of nitrogens with one attached hydrogen (secondary N) is 2. The van der Waals surface area contributed by atoms with Crippen LogP contribution in [0.3, 0.4) is 0 Å². The van der Waals surface area contributed by atoms with E-state index in [1.807, 2.05) is 0 Å². The van der Waals surface area contributed by atoms with E-state index in [4.69, 9.17) is 4.74 Å². The van der Waals surface area contributed by atoms with Crippen LogP contribution in [0.1, 0.15) is 12.8 Å². The second-order valence-electron chi connectivity index (χ2n) is 5.46. The van der Waals surface area contributed by atoms with Gasteiger partial charge in [0.1, 0.15) is 0 Å². The van der Waals surface area contributed by atoms with Crippen molar-refractivity contribution in [1.82, 2.24) is 14.6 Å². The summed E-state index contributed by atoms with van der Waals surface area (Å²) in [4.78, 5) is 17.7. The van der Waals surface area contributed by atoms with Gasteiger partial charge in [0.25, 0.3) is 10.0 Å². The lowest BCUT2D eigenvalue weighted by molar-refractivity contribution is 0.0464. The van der Waals surface area contributed by atoms with E-state index in [9.17, 15) is 13.2 Å². The van der Waals surface area contributed by atoms with Crippen molar-refractivity contribution < 1.29 is 17.9 Å². The number of anilines is 1. The van der Waals surface area contributed by atoms with Crippen molar-refractivity contribution >= 4 is 21.7 Å². The first-order valence-electron chi connectivity index (χ1n) is 7.42. The highest BCUT2D eigenvalue weighted by Crippen LogP contribution is 2.19. The van der Waals surface area contributed by atoms with Crippen LogP contribution in [0, 0.1) is 5.92 Å². The average molecular weight is 342 g/mol. The molecule has 1 aliphatic heterocycles. The number of pyridine rings is 1. The minimum Gasteiger partial charge on any atom is -0.381 e. The molecule has 0 bridgehead atoms. The van der Waals surface area contributed by atoms with Crippen LogP contribution in [0.5, 0.6) is 0 Å². The van der Waals surface area contributed by atoms with E-state index >= 15 is 0 Å². The summed E-state index contributed by atoms with van der Waals surface area (Å²) in [5, 5.41) is 2.40. The lowest BCUT2D eigenvalue weighted by Crippen LogP contribution is -2.38. The fraction of sp³-hybridized carbons (Fsp3) is 0.571. The largest absolute Gasteiger partial charge is 0.381 e. The summed E-state index contributed by atoms with van der Waals surface area (Å²) in [6.07, 6.45) is 3.38. The van der Waals surface area contributed by atoms with Crippen LogP contribution in [0.2, 0.25) is 0 Å². The van der Waals surface area contributed by atoms with Crippen LogP contribution in [0.4, 0.5) is 10.5 Å². The van der Waals surface area contributed by atoms with Gasteiger partial charge in [-0.25, -0.2) is 22.9 Å². The van der Waals surface area contributed by atoms with Crippen molar-refractivity contribution in [1.29, 1.82) is 0 Å². The van der Waals surface area contributed by atoms with Crippen LogP contribution in [-0.2, 0) is 14.8 Å². The minimum atomic E-state index is -3.74. The van der Waals surface area contributed by atoms with Gasteiger partial charge < -0.3 is 15.0 Å². The summed E-state index contributed by atoms with van der Waals surface area (Å²) in [5.41, 5.74) is 0.151. The summed E-state index contributed by atoms with van der Waals surface area (Å²) >= 11 is 0. The topological polar surface area (TPSA) is 101 Å². The maximum atomic E-state index is 12.3. The number of hydrogen-bond donors (Lipinski definition) is 2. The van der Waals surface area contributed by atoms with E-state index in [2.05, 4.69) is 15.0 Å². The Morgan fingerprint density at radius 2 is 2.30 bits per heavy atom. The van der Waals surface area contributed by atoms with Crippen molar-refractivity contribution in [3.8, 4) is 0 Å². The van der Waals surface area contributed by atoms with E-state index in [1.54, 1.807) is 13.1 Å². The first-order chi connectivity index (χ1) is 10.9. The second kappa shape index (κ2) is 7.71. The van der Waals surface area contributed by atoms with Gasteiger partial charge in [0.05, 0.1) is 12.3 Å². The molecule has 1 aliphatic rings. The molecule has 2 heterocycles. The highest BCUT2D eigenvalue weighted by atomic mass is 32.2. The molecule has 9 heteroatoms. The number of rotatable bonds is 5. The van der Waals surface area contributed by atoms with Gasteiger partial charge in [-0.1, -0.05) is 0 Å². The Bertz CT molecular complexity index is 644. The number of aromatic nitrogens is 1. The zero-order valence-corrected chi connectivity index (χ0v) is 14.1. The van der Waals surface area contributed by atoms with Crippen LogP contribution in [-0.4, -0.2) is 58.2 Å². The summed E-state index contributed by atoms with van der Waals surface area (Å²) in [7, 11) is -0.772. The number of ether oxygens (including phenoxy) is 1. The molecule has 2 amide bonds. The van der Waals surface area contributed by atoms with Gasteiger partial charge in [-0.15, -0.1) is 0 Å². The molecule has 1 fully saturated rings. The first-order valence-corrected chi connectivity index (χ1v) is 8.91. The summed E-state index contributed by atoms with van der Waals surface area (Å²) in [6.45, 7) is 1.97. The SMILES string of the molecule is CNS(=O)(=O)c1ncccc1NC(=O)N(C)CC1CCCOC1. The number of nitrogens with zero attached hydrogens (tertiary/aromatic N) is 2. The standard InChI is InChI=1S/C14H22N4O4S/c1-15-23(20,21)13-12(6-3-7-16-13)17-14(19)18(2)9-11-5-4-8-22-10-11/h3,6-7,11,15H,4-5,8-10H2,1-2H3,(H,17,19). The summed E-state index contributed by atoms with van der Waals surface area (Å²) < 4.78 is 31.5. The quantitative estimate of drug-likeness (QED) is 0.827. The molecule has 0 radical (unpaired) electrons. The average Bonchev–Trinajstić information content (AvgIpc) is 2.56. The van der Waals surface area contributed by atoms with Crippen LogP contribution in [0.15, 0.2) is 23.4 Å². The highest BCUT2D eigenvalue weighted by molar-refractivity contribution is 7.89. The van der Waals surface area contributed by atoms with Crippen LogP contribution in [0.25, 0.3) is 0 Å². The van der Waals surface area contributed by atoms with Crippen LogP contribution < -0.4 is 10.0 Å². The van der Waals surface area contributed by atoms with Crippen molar-refractivity contribution in [2.75, 3.05) is 39.2 Å². The lowest BCUT2D eigenvalue weighted by Gasteiger charge is -2.27. The van der Waals surface area contributed by atoms with Gasteiger partial charge in [-0.3, -0.25) is 0 Å². The molecule has 1 atom stereocenters. The van der Waals surface area contributed by atoms with Gasteiger partial charge in [-0.2, -0.15) is 0 Å². The molecular weight excluding hydrogens is 320 g/mol. The minimum absolute atomic E-state index is 0.151. The van der Waals surface area contributed by atoms with E-state index in [-0.39, 0.29) is 16.7 Å². The second-order valence-corrected chi connectivity index (χ2v) is 7.26. The molecule has 0 saturated carbocycles. The Kier molecular flexibility index (Phi) is 5.91. The Labute approximate surface area is 136 Å². The Morgan fingerprint density at radius 1 is 1.52 bits per heavy atom. The normalized spacial score (nSPS) is 18.4. The Hall–Kier alpha value is -1.71. The van der Waals surface area contributed by atoms with Crippen molar-refractivity contribution in [3.05, 3.63) is 18.3 Å². The monoisotopic (exact) mass is 342 g/mol. The van der Waals surface area contributed by atoms with E-state index in [0.717, 1.165) is 19.4 Å². The molecular formula is C14H22N4O4S. The van der Waals surface area contributed by atoms with Gasteiger partial charge in [-0.05, 0) is 32.0 Å². The van der Waals surface area contributed by atoms with Crippen LogP contribution >= 0.6 is 0 Å². The molecule has 23 heavy (non-hydrogen) atoms. The maximum Gasteiger partial charge on any atom is 0.321 e. The van der Waals surface area contributed by atoms with Crippen molar-refractivity contribution in [2.24, 2.45) is 5.92 Å². The van der Waals surface area contributed by atoms with Gasteiger partial charge in [0.15, 0.2) is 5.03 Å². The van der Waals surface area contributed by atoms with Crippen molar-refractivity contribution in [3.63, 3.8) is 0 Å². The van der Waals surface area contributed by atoms with Gasteiger partial charge in [0, 0.05) is 32.3 Å². The molecule has 1 aromatic heterocycles. The number of carbonyl (C=O) groups is 1. The zero-order chi connectivity index (χ0) is 16.9. The van der Waals surface area contributed by atoms with E-state index < -0.39 is 10.0 Å². The maximum absolute atomic E-state index is 12.3. The molecule has 0 aromatic carbocycles. The third-order valence-corrected chi connectivity index (χ3v) is 5.04. The molecule has 2 N–H and O–H groups in total. The van der Waals surface area contributed by atoms with E-state index in [1.165, 1.54) is 24.2 Å². The molecule has 1 unspecified atom stereocenters. The fourth-order valence-electron chi connectivity index (χ4n) is 2.43. The zero-order valence-electron chi connectivity index (χ0n) is 13.3. The number of sulfonamides is 1. The number of hydrogen-bond acceptors (Lipinski definition) is 5. The predicted molar refractivity (Wildman–Crippen MR) is 85.7 cm³/mol. The highest BCUT2D eigenvalue weighted by Gasteiger charge is 2.22. The Morgan fingerprint density at radius 3 is 2.96 bits per heavy atom. The molecule has 1 aromatic rings. The van der Waals surface area contributed by atoms with E-state index in [0.29, 0.717) is 19.1 Å². The third-order valence-electron chi connectivity index (χ3n) is 3.67. The van der Waals surface area contributed by atoms with Crippen molar-refractivity contribution in [2.45, 2.75) is 17.9 Å². The predicted octanol–water partition coefficient (Wildman–Crippen LogP) is 0.880. The lowest BCUT2D eigenvalue weighted by atomic mass is 10.0. The number of amides is 2. The fourth-order valence-corrected chi connectivity index (χ4v) is 3.23. The third kappa shape index (κ3) is 4.63. The Balaban J connectivity index is 2.05. The number of carbonyl (C=O) groups excluding carboxylic acids is 1. The molecule has 8 nitrogen and oxygen atoms in total. The van der Waals surface area contributed by atoms with Gasteiger partial charge >= 0.3 is 6.03 Å². The summed E-state index contributed by atoms with van der Waals surface area (Å²) in [6, 6.07) is 2.70. The first kappa shape index (κ1) is 17.6. The molecule has 128 valence electrons. The molecule has 0 spiro atoms. The van der Waals surface area contributed by atoms with Gasteiger partial charge in [0.2, 0.25) is 0 Å².